The van der Waals surface area contributed by atoms with E-state index in [0.717, 1.165) is 43.1 Å². The SMILES string of the molecule is Cc1ccnc(N2CCC(C(=O)N[C@@H](C)c3ccccc3)CC2)n1. The highest BCUT2D eigenvalue weighted by atomic mass is 16.1. The van der Waals surface area contributed by atoms with E-state index < -0.39 is 0 Å². The first-order valence-electron chi connectivity index (χ1n) is 8.53. The Morgan fingerprint density at radius 2 is 1.92 bits per heavy atom. The number of amides is 1. The smallest absolute Gasteiger partial charge is 0.225 e. The third-order valence-corrected chi connectivity index (χ3v) is 4.59. The third kappa shape index (κ3) is 3.91. The van der Waals surface area contributed by atoms with E-state index in [1.165, 1.54) is 0 Å². The topological polar surface area (TPSA) is 58.1 Å². The maximum atomic E-state index is 12.5. The molecule has 1 aromatic carbocycles. The normalized spacial score (nSPS) is 16.7. The summed E-state index contributed by atoms with van der Waals surface area (Å²) in [6.45, 7) is 5.64. The van der Waals surface area contributed by atoms with Gasteiger partial charge in [0.25, 0.3) is 0 Å². The summed E-state index contributed by atoms with van der Waals surface area (Å²) < 4.78 is 0. The van der Waals surface area contributed by atoms with E-state index in [1.807, 2.05) is 50.2 Å². The van der Waals surface area contributed by atoms with Crippen molar-refractivity contribution in [1.29, 1.82) is 0 Å². The maximum Gasteiger partial charge on any atom is 0.225 e. The lowest BCUT2D eigenvalue weighted by molar-refractivity contribution is -0.126. The molecule has 126 valence electrons. The molecule has 3 rings (SSSR count). The molecule has 0 bridgehead atoms. The number of benzene rings is 1. The van der Waals surface area contributed by atoms with Crippen molar-refractivity contribution in [3.05, 3.63) is 53.9 Å². The molecule has 1 aromatic heterocycles. The van der Waals surface area contributed by atoms with Crippen molar-refractivity contribution < 1.29 is 4.79 Å². The van der Waals surface area contributed by atoms with Gasteiger partial charge in [-0.2, -0.15) is 0 Å². The Balaban J connectivity index is 1.53. The molecule has 1 aliphatic rings. The number of aryl methyl sites for hydroxylation is 1. The van der Waals surface area contributed by atoms with Gasteiger partial charge in [0.2, 0.25) is 11.9 Å². The highest BCUT2D eigenvalue weighted by molar-refractivity contribution is 5.79. The maximum absolute atomic E-state index is 12.5. The third-order valence-electron chi connectivity index (χ3n) is 4.59. The second-order valence-corrected chi connectivity index (χ2v) is 6.40. The van der Waals surface area contributed by atoms with Gasteiger partial charge in [0.15, 0.2) is 0 Å². The molecular formula is C19H24N4O. The quantitative estimate of drug-likeness (QED) is 0.939. The molecule has 2 heterocycles. The van der Waals surface area contributed by atoms with Crippen LogP contribution in [0, 0.1) is 12.8 Å². The van der Waals surface area contributed by atoms with Crippen LogP contribution >= 0.6 is 0 Å². The van der Waals surface area contributed by atoms with E-state index in [-0.39, 0.29) is 17.9 Å². The summed E-state index contributed by atoms with van der Waals surface area (Å²) in [5.41, 5.74) is 2.10. The number of rotatable bonds is 4. The van der Waals surface area contributed by atoms with E-state index in [1.54, 1.807) is 6.20 Å². The molecule has 24 heavy (non-hydrogen) atoms. The number of carbonyl (C=O) groups excluding carboxylic acids is 1. The van der Waals surface area contributed by atoms with Gasteiger partial charge >= 0.3 is 0 Å². The van der Waals surface area contributed by atoms with Crippen LogP contribution < -0.4 is 10.2 Å². The lowest BCUT2D eigenvalue weighted by atomic mass is 9.95. The molecular weight excluding hydrogens is 300 g/mol. The van der Waals surface area contributed by atoms with Crippen molar-refractivity contribution in [2.24, 2.45) is 5.92 Å². The highest BCUT2D eigenvalue weighted by Gasteiger charge is 2.27. The molecule has 1 fully saturated rings. The Bertz CT molecular complexity index is 681. The van der Waals surface area contributed by atoms with Crippen LogP contribution in [0.4, 0.5) is 5.95 Å². The van der Waals surface area contributed by atoms with Gasteiger partial charge in [-0.05, 0) is 38.3 Å². The fraction of sp³-hybridized carbons (Fsp3) is 0.421. The fourth-order valence-corrected chi connectivity index (χ4v) is 3.09. The van der Waals surface area contributed by atoms with E-state index in [9.17, 15) is 4.79 Å². The molecule has 1 N–H and O–H groups in total. The van der Waals surface area contributed by atoms with Gasteiger partial charge in [-0.25, -0.2) is 9.97 Å². The minimum atomic E-state index is 0.0387. The van der Waals surface area contributed by atoms with Crippen LogP contribution in [0.25, 0.3) is 0 Å². The van der Waals surface area contributed by atoms with Crippen molar-refractivity contribution in [3.8, 4) is 0 Å². The molecule has 0 aliphatic carbocycles. The zero-order valence-corrected chi connectivity index (χ0v) is 14.3. The first-order chi connectivity index (χ1) is 11.6. The lowest BCUT2D eigenvalue weighted by Gasteiger charge is -2.32. The predicted octanol–water partition coefficient (Wildman–Crippen LogP) is 2.88. The van der Waals surface area contributed by atoms with Gasteiger partial charge in [-0.1, -0.05) is 30.3 Å². The van der Waals surface area contributed by atoms with Crippen LogP contribution in [-0.2, 0) is 4.79 Å². The molecule has 0 unspecified atom stereocenters. The highest BCUT2D eigenvalue weighted by Crippen LogP contribution is 2.22. The number of carbonyl (C=O) groups is 1. The number of anilines is 1. The standard InChI is InChI=1S/C19H24N4O/c1-14-8-11-20-19(21-14)23-12-9-17(10-13-23)18(24)22-15(2)16-6-4-3-5-7-16/h3-8,11,15,17H,9-10,12-13H2,1-2H3,(H,22,24)/t15-/m0/s1. The number of hydrogen-bond donors (Lipinski definition) is 1. The summed E-state index contributed by atoms with van der Waals surface area (Å²) in [5.74, 6) is 0.986. The van der Waals surface area contributed by atoms with Crippen molar-refractivity contribution in [3.63, 3.8) is 0 Å². The molecule has 1 amide bonds. The summed E-state index contributed by atoms with van der Waals surface area (Å²) in [4.78, 5) is 23.5. The van der Waals surface area contributed by atoms with Crippen LogP contribution in [0.1, 0.15) is 37.1 Å². The van der Waals surface area contributed by atoms with Crippen molar-refractivity contribution >= 4 is 11.9 Å². The van der Waals surface area contributed by atoms with E-state index in [4.69, 9.17) is 0 Å². The Morgan fingerprint density at radius 1 is 1.21 bits per heavy atom. The van der Waals surface area contributed by atoms with E-state index in [2.05, 4.69) is 20.2 Å². The number of aromatic nitrogens is 2. The first-order valence-corrected chi connectivity index (χ1v) is 8.53. The van der Waals surface area contributed by atoms with Gasteiger partial charge in [-0.3, -0.25) is 4.79 Å². The molecule has 0 radical (unpaired) electrons. The summed E-state index contributed by atoms with van der Waals surface area (Å²) in [6.07, 6.45) is 3.47. The van der Waals surface area contributed by atoms with Crippen LogP contribution in [0.3, 0.4) is 0 Å². The summed E-state index contributed by atoms with van der Waals surface area (Å²) >= 11 is 0. The van der Waals surface area contributed by atoms with Gasteiger partial charge < -0.3 is 10.2 Å². The lowest BCUT2D eigenvalue weighted by Crippen LogP contribution is -2.41. The van der Waals surface area contributed by atoms with Crippen molar-refractivity contribution in [1.82, 2.24) is 15.3 Å². The molecule has 0 saturated carbocycles. The Hall–Kier alpha value is -2.43. The number of nitrogens with zero attached hydrogens (tertiary/aromatic N) is 3. The van der Waals surface area contributed by atoms with Crippen molar-refractivity contribution in [2.75, 3.05) is 18.0 Å². The minimum Gasteiger partial charge on any atom is -0.349 e. The molecule has 1 atom stereocenters. The monoisotopic (exact) mass is 324 g/mol. The second kappa shape index (κ2) is 7.43. The number of piperidine rings is 1. The largest absolute Gasteiger partial charge is 0.349 e. The van der Waals surface area contributed by atoms with E-state index in [0.29, 0.717) is 0 Å². The Kier molecular flexibility index (Phi) is 5.08. The predicted molar refractivity (Wildman–Crippen MR) is 94.7 cm³/mol. The molecule has 0 spiro atoms. The molecule has 1 aliphatic heterocycles. The van der Waals surface area contributed by atoms with Crippen LogP contribution in [0.15, 0.2) is 42.6 Å². The van der Waals surface area contributed by atoms with Crippen LogP contribution in [0.5, 0.6) is 0 Å². The fourth-order valence-electron chi connectivity index (χ4n) is 3.09. The Labute approximate surface area is 143 Å². The number of nitrogens with one attached hydrogen (secondary N) is 1. The molecule has 2 aromatic rings. The van der Waals surface area contributed by atoms with Crippen molar-refractivity contribution in [2.45, 2.75) is 32.7 Å². The average molecular weight is 324 g/mol. The zero-order valence-electron chi connectivity index (χ0n) is 14.3. The summed E-state index contributed by atoms with van der Waals surface area (Å²) in [7, 11) is 0. The van der Waals surface area contributed by atoms with E-state index >= 15 is 0 Å². The van der Waals surface area contributed by atoms with Crippen LogP contribution in [-0.4, -0.2) is 29.0 Å². The Morgan fingerprint density at radius 3 is 2.58 bits per heavy atom. The zero-order chi connectivity index (χ0) is 16.9. The average Bonchev–Trinajstić information content (AvgIpc) is 2.62. The van der Waals surface area contributed by atoms with Gasteiger partial charge in [0.05, 0.1) is 6.04 Å². The summed E-state index contributed by atoms with van der Waals surface area (Å²) in [5, 5.41) is 3.14. The second-order valence-electron chi connectivity index (χ2n) is 6.40. The molecule has 1 saturated heterocycles. The molecule has 5 heteroatoms. The minimum absolute atomic E-state index is 0.0387. The summed E-state index contributed by atoms with van der Waals surface area (Å²) in [6, 6.07) is 12.0. The molecule has 5 nitrogen and oxygen atoms in total. The van der Waals surface area contributed by atoms with Crippen LogP contribution in [0.2, 0.25) is 0 Å². The van der Waals surface area contributed by atoms with Gasteiger partial charge in [0.1, 0.15) is 0 Å². The van der Waals surface area contributed by atoms with Gasteiger partial charge in [0, 0.05) is 30.9 Å². The first kappa shape index (κ1) is 16.4. The number of hydrogen-bond acceptors (Lipinski definition) is 4. The van der Waals surface area contributed by atoms with Gasteiger partial charge in [-0.15, -0.1) is 0 Å².